The molecule has 1 fully saturated rings. The predicted molar refractivity (Wildman–Crippen MR) is 173 cm³/mol. The zero-order chi connectivity index (χ0) is 32.9. The zero-order valence-electron chi connectivity index (χ0n) is 26.2. The van der Waals surface area contributed by atoms with Crippen molar-refractivity contribution < 1.29 is 27.5 Å². The van der Waals surface area contributed by atoms with E-state index in [1.165, 1.54) is 4.40 Å². The van der Waals surface area contributed by atoms with Crippen molar-refractivity contribution in [2.24, 2.45) is 5.41 Å². The summed E-state index contributed by atoms with van der Waals surface area (Å²) in [5.74, 6) is 5.60. The molecule has 7 nitrogen and oxygen atoms in total. The van der Waals surface area contributed by atoms with Gasteiger partial charge in [0.1, 0.15) is 11.2 Å². The van der Waals surface area contributed by atoms with Gasteiger partial charge in [-0.25, -0.2) is 4.39 Å². The smallest absolute Gasteiger partial charge is 0.393 e. The average molecular weight is 648 g/mol. The number of rotatable bonds is 10. The number of halogens is 4. The number of hydrogen-bond acceptors (Lipinski definition) is 6. The van der Waals surface area contributed by atoms with Gasteiger partial charge in [-0.3, -0.25) is 9.69 Å². The van der Waals surface area contributed by atoms with E-state index in [1.54, 1.807) is 50.5 Å². The molecule has 1 saturated heterocycles. The number of aliphatic hydroxyl groups excluding tert-OH is 1. The van der Waals surface area contributed by atoms with Gasteiger partial charge in [0.2, 0.25) is 0 Å². The number of alkyl halides is 4. The van der Waals surface area contributed by atoms with E-state index in [0.717, 1.165) is 17.7 Å². The van der Waals surface area contributed by atoms with Gasteiger partial charge in [-0.2, -0.15) is 13.2 Å². The van der Waals surface area contributed by atoms with Gasteiger partial charge >= 0.3 is 5.51 Å². The molecule has 244 valence electrons. The molecule has 3 heterocycles. The number of piperidine rings is 1. The summed E-state index contributed by atoms with van der Waals surface area (Å²) >= 11 is -0.239. The summed E-state index contributed by atoms with van der Waals surface area (Å²) in [5.41, 5.74) is -1.54. The Kier molecular flexibility index (Phi) is 11.0. The summed E-state index contributed by atoms with van der Waals surface area (Å²) in [5, 5.41) is 19.0. The fourth-order valence-electron chi connectivity index (χ4n) is 5.39. The summed E-state index contributed by atoms with van der Waals surface area (Å²) < 4.78 is 57.8. The molecular weight excluding hydrogens is 606 g/mol. The Morgan fingerprint density at radius 1 is 1.20 bits per heavy atom. The van der Waals surface area contributed by atoms with Crippen LogP contribution in [0.15, 0.2) is 47.6 Å². The second kappa shape index (κ2) is 14.4. The number of carbonyl (C=O) groups excluding carboxylic acids is 1. The number of anilines is 2. The Hall–Kier alpha value is -3.40. The average Bonchev–Trinajstić information content (AvgIpc) is 3.32. The summed E-state index contributed by atoms with van der Waals surface area (Å²) in [6.07, 6.45) is 1.02. The van der Waals surface area contributed by atoms with Crippen LogP contribution in [-0.4, -0.2) is 77.4 Å². The van der Waals surface area contributed by atoms with Crippen molar-refractivity contribution >= 4 is 34.6 Å². The summed E-state index contributed by atoms with van der Waals surface area (Å²) in [7, 11) is 1.55. The van der Waals surface area contributed by atoms with Gasteiger partial charge in [-0.15, -0.1) is 0 Å². The fraction of sp³-hybridized carbons (Fsp3) is 0.485. The van der Waals surface area contributed by atoms with Crippen LogP contribution in [-0.2, 0) is 6.42 Å². The molecule has 1 aliphatic heterocycles. The lowest BCUT2D eigenvalue weighted by molar-refractivity contribution is -0.0329. The first-order valence-electron chi connectivity index (χ1n) is 15.0. The number of amides is 1. The van der Waals surface area contributed by atoms with Crippen molar-refractivity contribution in [3.8, 4) is 11.8 Å². The predicted octanol–water partition coefficient (Wildman–Crippen LogP) is 6.17. The van der Waals surface area contributed by atoms with E-state index in [-0.39, 0.29) is 46.8 Å². The quantitative estimate of drug-likeness (QED) is 0.120. The van der Waals surface area contributed by atoms with E-state index in [9.17, 15) is 23.1 Å². The Labute approximate surface area is 266 Å². The van der Waals surface area contributed by atoms with Crippen LogP contribution in [0.3, 0.4) is 0 Å². The summed E-state index contributed by atoms with van der Waals surface area (Å²) in [4.78, 5) is 14.1. The number of fused-ring (bicyclic) bond motifs is 1. The number of thioether (sulfide) groups is 1. The number of aliphatic hydroxyl groups is 1. The monoisotopic (exact) mass is 647 g/mol. The van der Waals surface area contributed by atoms with Crippen molar-refractivity contribution in [1.29, 1.82) is 0 Å². The maximum Gasteiger partial charge on any atom is 0.447 e. The highest BCUT2D eigenvalue weighted by Gasteiger charge is 2.35. The number of carbonyl (C=O) groups is 1. The molecule has 1 aromatic carbocycles. The van der Waals surface area contributed by atoms with Crippen molar-refractivity contribution in [3.63, 3.8) is 0 Å². The number of nitrogens with zero attached hydrogens (tertiary/aromatic N) is 2. The highest BCUT2D eigenvalue weighted by atomic mass is 32.2. The second-order valence-electron chi connectivity index (χ2n) is 12.0. The molecule has 4 rings (SSSR count). The normalized spacial score (nSPS) is 18.3. The van der Waals surface area contributed by atoms with Crippen LogP contribution in [0.2, 0.25) is 0 Å². The highest BCUT2D eigenvalue weighted by Crippen LogP contribution is 2.41. The van der Waals surface area contributed by atoms with Crippen LogP contribution in [0.4, 0.5) is 28.9 Å². The molecule has 3 aromatic rings. The van der Waals surface area contributed by atoms with Gasteiger partial charge in [-0.05, 0) is 55.7 Å². The molecular formula is C33H41F4N5O2S. The lowest BCUT2D eigenvalue weighted by Gasteiger charge is -2.40. The number of likely N-dealkylation sites (tertiary alicyclic amines) is 1. The first kappa shape index (κ1) is 34.5. The maximum absolute atomic E-state index is 15.4. The molecule has 1 aliphatic rings. The van der Waals surface area contributed by atoms with Crippen LogP contribution >= 0.6 is 11.8 Å². The zero-order valence-corrected chi connectivity index (χ0v) is 27.0. The Morgan fingerprint density at radius 3 is 2.60 bits per heavy atom. The molecule has 2 aromatic heterocycles. The van der Waals surface area contributed by atoms with Gasteiger partial charge in [0.15, 0.2) is 0 Å². The Bertz CT molecular complexity index is 1560. The van der Waals surface area contributed by atoms with Crippen molar-refractivity contribution in [2.75, 3.05) is 43.9 Å². The molecule has 0 spiro atoms. The number of benzene rings is 1. The summed E-state index contributed by atoms with van der Waals surface area (Å²) in [6, 6.07) is 9.76. The number of aryl methyl sites for hydroxylation is 1. The van der Waals surface area contributed by atoms with Gasteiger partial charge < -0.3 is 25.5 Å². The van der Waals surface area contributed by atoms with E-state index in [2.05, 4.69) is 27.8 Å². The molecule has 45 heavy (non-hydrogen) atoms. The standard InChI is InChI=1S/C33H41F4N5O2S/c1-6-22-11-12-23(30(44)38-5)17-28(22)39-14-7-9-24-18-29-27(10-8-15-42(29)31(24)45-33(35,36)37)40-26-13-16-41(19-25(26)34)20-32(3,4)21(2)43/h8,10-12,15,17-18,21,25-26,39-40,43H,6,13-14,16,19-20H2,1-5H3,(H,38,44). The van der Waals surface area contributed by atoms with E-state index in [0.29, 0.717) is 36.3 Å². The number of nitrogens with one attached hydrogen (secondary N) is 3. The van der Waals surface area contributed by atoms with Crippen LogP contribution in [0.25, 0.3) is 5.52 Å². The SMILES string of the molecule is CCc1ccc(C(=O)NC)cc1NCC#Cc1cc2c(NC3CCN(CC(C)(C)C(C)O)CC3F)cccn2c1SC(F)(F)F. The molecule has 1 amide bonds. The molecule has 12 heteroatoms. The molecule has 3 unspecified atom stereocenters. The maximum atomic E-state index is 15.4. The Balaban J connectivity index is 1.55. The molecule has 0 radical (unpaired) electrons. The van der Waals surface area contributed by atoms with Crippen LogP contribution in [0, 0.1) is 17.3 Å². The third kappa shape index (κ3) is 8.66. The largest absolute Gasteiger partial charge is 0.447 e. The van der Waals surface area contributed by atoms with E-state index < -0.39 is 23.8 Å². The summed E-state index contributed by atoms with van der Waals surface area (Å²) in [6.45, 7) is 9.14. The van der Waals surface area contributed by atoms with Gasteiger partial charge in [0, 0.05) is 61.3 Å². The van der Waals surface area contributed by atoms with Gasteiger partial charge in [-0.1, -0.05) is 38.7 Å². The van der Waals surface area contributed by atoms with Crippen molar-refractivity contribution in [1.82, 2.24) is 14.6 Å². The van der Waals surface area contributed by atoms with E-state index >= 15 is 4.39 Å². The molecule has 0 bridgehead atoms. The van der Waals surface area contributed by atoms with E-state index in [1.807, 2.05) is 31.7 Å². The first-order valence-corrected chi connectivity index (χ1v) is 15.8. The third-order valence-corrected chi connectivity index (χ3v) is 9.12. The highest BCUT2D eigenvalue weighted by molar-refractivity contribution is 8.00. The minimum atomic E-state index is -4.54. The number of pyridine rings is 1. The molecule has 0 saturated carbocycles. The second-order valence-corrected chi connectivity index (χ2v) is 13.1. The fourth-order valence-corrected chi connectivity index (χ4v) is 6.09. The van der Waals surface area contributed by atoms with Gasteiger partial charge in [0.05, 0.1) is 35.5 Å². The topological polar surface area (TPSA) is 81.0 Å². The Morgan fingerprint density at radius 2 is 1.96 bits per heavy atom. The lowest BCUT2D eigenvalue weighted by atomic mass is 9.86. The van der Waals surface area contributed by atoms with Crippen LogP contribution in [0.1, 0.15) is 55.6 Å². The minimum Gasteiger partial charge on any atom is -0.393 e. The first-order chi connectivity index (χ1) is 21.2. The molecule has 0 aliphatic carbocycles. The molecule has 3 atom stereocenters. The number of hydrogen-bond donors (Lipinski definition) is 4. The number of aromatic nitrogens is 1. The van der Waals surface area contributed by atoms with Crippen LogP contribution in [0.5, 0.6) is 0 Å². The van der Waals surface area contributed by atoms with Gasteiger partial charge in [0.25, 0.3) is 5.91 Å². The van der Waals surface area contributed by atoms with Crippen molar-refractivity contribution in [2.45, 2.75) is 69.4 Å². The third-order valence-electron chi connectivity index (χ3n) is 8.28. The molecule has 4 N–H and O–H groups in total. The van der Waals surface area contributed by atoms with Crippen LogP contribution < -0.4 is 16.0 Å². The van der Waals surface area contributed by atoms with Crippen molar-refractivity contribution in [3.05, 3.63) is 59.3 Å². The van der Waals surface area contributed by atoms with E-state index in [4.69, 9.17) is 0 Å². The lowest BCUT2D eigenvalue weighted by Crippen LogP contribution is -2.51. The minimum absolute atomic E-state index is 0.0727.